The summed E-state index contributed by atoms with van der Waals surface area (Å²) in [6.07, 6.45) is 1.13. The van der Waals surface area contributed by atoms with Gasteiger partial charge in [0, 0.05) is 5.56 Å². The van der Waals surface area contributed by atoms with Crippen LogP contribution in [0.3, 0.4) is 0 Å². The number of hydrogen-bond donors (Lipinski definition) is 1. The van der Waals surface area contributed by atoms with E-state index in [4.69, 9.17) is 14.2 Å². The Morgan fingerprint density at radius 3 is 2.03 bits per heavy atom. The quantitative estimate of drug-likeness (QED) is 0.151. The van der Waals surface area contributed by atoms with Crippen LogP contribution in [0.1, 0.15) is 11.1 Å². The summed E-state index contributed by atoms with van der Waals surface area (Å²) in [5.41, 5.74) is 0.456. The Kier molecular flexibility index (Phi) is 7.79. The van der Waals surface area contributed by atoms with Gasteiger partial charge in [0.25, 0.3) is 10.0 Å². The predicted octanol–water partition coefficient (Wildman–Crippen LogP) is 4.29. The van der Waals surface area contributed by atoms with E-state index < -0.39 is 51.5 Å². The van der Waals surface area contributed by atoms with Crippen molar-refractivity contribution in [1.29, 1.82) is 0 Å². The summed E-state index contributed by atoms with van der Waals surface area (Å²) in [5, 5.41) is 3.67. The fraction of sp³-hybridized carbons (Fsp3) is 0.136. The van der Waals surface area contributed by atoms with Gasteiger partial charge < -0.3 is 14.2 Å². The second-order valence-electron chi connectivity index (χ2n) is 6.79. The molecule has 7 nitrogen and oxygen atoms in total. The minimum absolute atomic E-state index is 0.0675. The largest absolute Gasteiger partial charge is 0.497 e. The van der Waals surface area contributed by atoms with Crippen LogP contribution in [-0.2, 0) is 16.6 Å². The Morgan fingerprint density at radius 2 is 1.46 bits per heavy atom. The summed E-state index contributed by atoms with van der Waals surface area (Å²) in [7, 11) is -1.26. The van der Waals surface area contributed by atoms with Crippen LogP contribution in [0.4, 0.5) is 22.0 Å². The summed E-state index contributed by atoms with van der Waals surface area (Å²) >= 11 is 0. The SMILES string of the molecule is COc1ccc(S(=O)(=O)N/N=C\c2ccc(OC)c(COc3c(F)c(F)c(F)c(F)c3F)c2)cc1. The molecule has 0 saturated heterocycles. The van der Waals surface area contributed by atoms with Crippen molar-refractivity contribution < 1.29 is 44.6 Å². The van der Waals surface area contributed by atoms with Crippen LogP contribution in [0.15, 0.2) is 52.5 Å². The smallest absolute Gasteiger partial charge is 0.276 e. The number of hydrogen-bond acceptors (Lipinski definition) is 6. The number of nitrogens with one attached hydrogen (secondary N) is 1. The lowest BCUT2D eigenvalue weighted by Crippen LogP contribution is -2.18. The fourth-order valence-corrected chi connectivity index (χ4v) is 3.62. The number of halogens is 5. The van der Waals surface area contributed by atoms with Crippen molar-refractivity contribution >= 4 is 16.2 Å². The van der Waals surface area contributed by atoms with Gasteiger partial charge in [-0.05, 0) is 48.0 Å². The summed E-state index contributed by atoms with van der Waals surface area (Å²) in [5.74, 6) is -11.6. The molecule has 0 radical (unpaired) electrons. The van der Waals surface area contributed by atoms with Crippen LogP contribution >= 0.6 is 0 Å². The first-order valence-electron chi connectivity index (χ1n) is 9.59. The average molecular weight is 516 g/mol. The maximum Gasteiger partial charge on any atom is 0.276 e. The van der Waals surface area contributed by atoms with E-state index in [1.165, 1.54) is 56.7 Å². The van der Waals surface area contributed by atoms with Crippen molar-refractivity contribution in [3.63, 3.8) is 0 Å². The van der Waals surface area contributed by atoms with Gasteiger partial charge in [0.1, 0.15) is 18.1 Å². The lowest BCUT2D eigenvalue weighted by atomic mass is 10.1. The molecule has 3 aromatic carbocycles. The van der Waals surface area contributed by atoms with Gasteiger partial charge in [-0.2, -0.15) is 22.3 Å². The van der Waals surface area contributed by atoms with Crippen LogP contribution in [-0.4, -0.2) is 28.9 Å². The molecule has 0 amide bonds. The van der Waals surface area contributed by atoms with E-state index in [-0.39, 0.29) is 16.2 Å². The third-order valence-electron chi connectivity index (χ3n) is 4.60. The van der Waals surface area contributed by atoms with Gasteiger partial charge in [0.05, 0.1) is 25.3 Å². The highest BCUT2D eigenvalue weighted by atomic mass is 32.2. The number of sulfonamides is 1. The fourth-order valence-electron chi connectivity index (χ4n) is 2.83. The Labute approximate surface area is 196 Å². The highest BCUT2D eigenvalue weighted by Gasteiger charge is 2.27. The van der Waals surface area contributed by atoms with Gasteiger partial charge in [0.15, 0.2) is 5.75 Å². The van der Waals surface area contributed by atoms with E-state index >= 15 is 0 Å². The van der Waals surface area contributed by atoms with Gasteiger partial charge in [-0.1, -0.05) is 0 Å². The molecule has 0 heterocycles. The maximum absolute atomic E-state index is 13.9. The number of nitrogens with zero attached hydrogens (tertiary/aromatic N) is 1. The van der Waals surface area contributed by atoms with Crippen molar-refractivity contribution in [2.24, 2.45) is 5.10 Å². The zero-order chi connectivity index (χ0) is 25.8. The number of benzene rings is 3. The number of rotatable bonds is 9. The number of hydrazone groups is 1. The van der Waals surface area contributed by atoms with Gasteiger partial charge in [0.2, 0.25) is 29.1 Å². The minimum Gasteiger partial charge on any atom is -0.497 e. The first-order valence-corrected chi connectivity index (χ1v) is 11.1. The summed E-state index contributed by atoms with van der Waals surface area (Å²) < 4.78 is 107. The molecule has 13 heteroatoms. The number of methoxy groups -OCH3 is 2. The molecule has 0 aliphatic carbocycles. The van der Waals surface area contributed by atoms with E-state index in [0.717, 1.165) is 6.21 Å². The van der Waals surface area contributed by atoms with Gasteiger partial charge in [-0.3, -0.25) is 0 Å². The summed E-state index contributed by atoms with van der Waals surface area (Å²) in [6, 6.07) is 9.80. The second kappa shape index (κ2) is 10.6. The van der Waals surface area contributed by atoms with Crippen molar-refractivity contribution in [2.75, 3.05) is 14.2 Å². The molecule has 35 heavy (non-hydrogen) atoms. The first-order chi connectivity index (χ1) is 16.6. The first kappa shape index (κ1) is 25.7. The third-order valence-corrected chi connectivity index (χ3v) is 5.84. The van der Waals surface area contributed by atoms with Crippen molar-refractivity contribution in [3.8, 4) is 17.2 Å². The minimum atomic E-state index is -3.98. The number of ether oxygens (including phenoxy) is 3. The van der Waals surface area contributed by atoms with Crippen molar-refractivity contribution in [2.45, 2.75) is 11.5 Å². The topological polar surface area (TPSA) is 86.2 Å². The zero-order valence-electron chi connectivity index (χ0n) is 18.1. The van der Waals surface area contributed by atoms with Crippen LogP contribution in [0.5, 0.6) is 17.2 Å². The molecule has 3 rings (SSSR count). The molecule has 0 aromatic heterocycles. The molecule has 0 spiro atoms. The molecule has 1 N–H and O–H groups in total. The van der Waals surface area contributed by atoms with E-state index in [2.05, 4.69) is 5.10 Å². The van der Waals surface area contributed by atoms with Gasteiger partial charge in [-0.25, -0.2) is 18.0 Å². The molecule has 0 atom stereocenters. The molecule has 0 bridgehead atoms. The van der Waals surface area contributed by atoms with Crippen LogP contribution in [0.25, 0.3) is 0 Å². The second-order valence-corrected chi connectivity index (χ2v) is 8.45. The summed E-state index contributed by atoms with van der Waals surface area (Å²) in [6.45, 7) is -0.638. The molecular weight excluding hydrogens is 499 g/mol. The molecule has 0 saturated carbocycles. The average Bonchev–Trinajstić information content (AvgIpc) is 2.86. The molecule has 0 aliphatic heterocycles. The highest BCUT2D eigenvalue weighted by molar-refractivity contribution is 7.89. The van der Waals surface area contributed by atoms with Gasteiger partial charge >= 0.3 is 0 Å². The molecule has 3 aromatic rings. The van der Waals surface area contributed by atoms with Crippen LogP contribution in [0, 0.1) is 29.1 Å². The Hall–Kier alpha value is -3.87. The van der Waals surface area contributed by atoms with E-state index in [1.807, 2.05) is 4.83 Å². The monoisotopic (exact) mass is 516 g/mol. The van der Waals surface area contributed by atoms with Crippen LogP contribution in [0.2, 0.25) is 0 Å². The van der Waals surface area contributed by atoms with E-state index in [1.54, 1.807) is 0 Å². The van der Waals surface area contributed by atoms with Gasteiger partial charge in [-0.15, -0.1) is 0 Å². The maximum atomic E-state index is 13.9. The predicted molar refractivity (Wildman–Crippen MR) is 114 cm³/mol. The molecule has 186 valence electrons. The van der Waals surface area contributed by atoms with Crippen LogP contribution < -0.4 is 19.0 Å². The lowest BCUT2D eigenvalue weighted by Gasteiger charge is -2.13. The molecule has 0 unspecified atom stereocenters. The molecule has 0 fully saturated rings. The van der Waals surface area contributed by atoms with Crippen molar-refractivity contribution in [3.05, 3.63) is 82.7 Å². The van der Waals surface area contributed by atoms with E-state index in [0.29, 0.717) is 11.3 Å². The molecular formula is C22H17F5N2O5S. The Morgan fingerprint density at radius 1 is 0.857 bits per heavy atom. The standard InChI is InChI=1S/C22H17F5N2O5S/c1-32-14-4-6-15(7-5-14)35(30,31)29-28-10-12-3-8-16(33-2)13(9-12)11-34-22-20(26)18(24)17(23)19(25)21(22)27/h3-10,29H,11H2,1-2H3/b28-10-. The lowest BCUT2D eigenvalue weighted by molar-refractivity contribution is 0.249. The Balaban J connectivity index is 1.78. The van der Waals surface area contributed by atoms with Crippen molar-refractivity contribution in [1.82, 2.24) is 4.83 Å². The Bertz CT molecular complexity index is 1340. The summed E-state index contributed by atoms with van der Waals surface area (Å²) in [4.78, 5) is 1.95. The zero-order valence-corrected chi connectivity index (χ0v) is 18.9. The normalized spacial score (nSPS) is 11.5. The molecule has 0 aliphatic rings. The third kappa shape index (κ3) is 5.62. The highest BCUT2D eigenvalue weighted by Crippen LogP contribution is 2.30. The van der Waals surface area contributed by atoms with E-state index in [9.17, 15) is 30.4 Å².